The maximum Gasteiger partial charge on any atom is 0.226 e. The van der Waals surface area contributed by atoms with Gasteiger partial charge in [0, 0.05) is 17.8 Å². The van der Waals surface area contributed by atoms with Crippen molar-refractivity contribution in [3.8, 4) is 0 Å². The Bertz CT molecular complexity index is 801. The van der Waals surface area contributed by atoms with Crippen LogP contribution < -0.4 is 5.32 Å². The maximum absolute atomic E-state index is 12.4. The lowest BCUT2D eigenvalue weighted by molar-refractivity contribution is -0.121. The van der Waals surface area contributed by atoms with Crippen LogP contribution in [0.25, 0.3) is 4.96 Å². The summed E-state index contributed by atoms with van der Waals surface area (Å²) < 4.78 is 1.96. The number of aryl methyl sites for hydroxylation is 1. The lowest BCUT2D eigenvalue weighted by Crippen LogP contribution is -2.31. The summed E-state index contributed by atoms with van der Waals surface area (Å²) in [6.45, 7) is 2.08. The molecule has 118 valence electrons. The molecule has 1 fully saturated rings. The van der Waals surface area contributed by atoms with E-state index in [1.807, 2.05) is 22.2 Å². The average Bonchev–Trinajstić information content (AvgIpc) is 3.16. The number of amides is 1. The smallest absolute Gasteiger partial charge is 0.226 e. The van der Waals surface area contributed by atoms with Gasteiger partial charge in [-0.2, -0.15) is 0 Å². The highest BCUT2D eigenvalue weighted by molar-refractivity contribution is 7.15. The fourth-order valence-corrected chi connectivity index (χ4v) is 3.65. The molecule has 0 bridgehead atoms. The van der Waals surface area contributed by atoms with E-state index in [1.54, 1.807) is 11.3 Å². The number of aromatic nitrogens is 2. The molecule has 0 unspecified atom stereocenters. The first kappa shape index (κ1) is 14.5. The molecular formula is C18H19N3OS. The summed E-state index contributed by atoms with van der Waals surface area (Å²) in [5.41, 5.74) is 3.28. The molecule has 4 nitrogen and oxygen atoms in total. The zero-order chi connectivity index (χ0) is 15.8. The van der Waals surface area contributed by atoms with Gasteiger partial charge in [0.25, 0.3) is 0 Å². The number of carbonyl (C=O) groups is 1. The van der Waals surface area contributed by atoms with E-state index >= 15 is 0 Å². The van der Waals surface area contributed by atoms with Crippen LogP contribution in [0.2, 0.25) is 0 Å². The monoisotopic (exact) mass is 325 g/mol. The average molecular weight is 325 g/mol. The lowest BCUT2D eigenvalue weighted by Gasteiger charge is -2.19. The summed E-state index contributed by atoms with van der Waals surface area (Å²) in [5, 5.41) is 5.21. The Kier molecular flexibility index (Phi) is 3.65. The number of fused-ring (bicyclic) bond motifs is 1. The van der Waals surface area contributed by atoms with Crippen LogP contribution >= 0.6 is 11.3 Å². The van der Waals surface area contributed by atoms with Crippen LogP contribution in [-0.2, 0) is 11.2 Å². The van der Waals surface area contributed by atoms with E-state index in [0.29, 0.717) is 12.3 Å². The molecule has 0 aliphatic heterocycles. The minimum atomic E-state index is 0.0493. The largest absolute Gasteiger partial charge is 0.349 e. The second-order valence-electron chi connectivity index (χ2n) is 6.30. The first-order valence-electron chi connectivity index (χ1n) is 7.96. The number of benzene rings is 1. The van der Waals surface area contributed by atoms with Gasteiger partial charge in [0.15, 0.2) is 4.96 Å². The number of imidazole rings is 1. The van der Waals surface area contributed by atoms with Crippen LogP contribution in [0.3, 0.4) is 0 Å². The van der Waals surface area contributed by atoms with Crippen molar-refractivity contribution in [3.63, 3.8) is 0 Å². The van der Waals surface area contributed by atoms with Crippen LogP contribution in [0, 0.1) is 12.8 Å². The van der Waals surface area contributed by atoms with Gasteiger partial charge in [0.05, 0.1) is 18.2 Å². The van der Waals surface area contributed by atoms with E-state index in [-0.39, 0.29) is 11.9 Å². The Labute approximate surface area is 139 Å². The molecule has 1 atom stereocenters. The van der Waals surface area contributed by atoms with Crippen molar-refractivity contribution < 1.29 is 4.79 Å². The Balaban J connectivity index is 1.46. The van der Waals surface area contributed by atoms with E-state index < -0.39 is 0 Å². The first-order chi connectivity index (χ1) is 11.2. The molecule has 0 spiro atoms. The Hall–Kier alpha value is -2.14. The molecule has 3 aromatic rings. The van der Waals surface area contributed by atoms with E-state index in [0.717, 1.165) is 10.7 Å². The normalized spacial score (nSPS) is 15.7. The van der Waals surface area contributed by atoms with Crippen LogP contribution in [0.1, 0.15) is 35.7 Å². The summed E-state index contributed by atoms with van der Waals surface area (Å²) in [5.74, 6) is 0.625. The zero-order valence-electron chi connectivity index (χ0n) is 13.0. The fraction of sp³-hybridized carbons (Fsp3) is 0.333. The van der Waals surface area contributed by atoms with E-state index in [1.165, 1.54) is 24.0 Å². The Morgan fingerprint density at radius 3 is 2.87 bits per heavy atom. The topological polar surface area (TPSA) is 46.4 Å². The van der Waals surface area contributed by atoms with Crippen molar-refractivity contribution >= 4 is 22.2 Å². The lowest BCUT2D eigenvalue weighted by atomic mass is 10.0. The number of carbonyl (C=O) groups excluding carboxylic acids is 1. The molecular weight excluding hydrogens is 306 g/mol. The summed E-state index contributed by atoms with van der Waals surface area (Å²) in [6.07, 6.45) is 6.62. The van der Waals surface area contributed by atoms with Gasteiger partial charge in [-0.15, -0.1) is 11.3 Å². The number of nitrogens with zero attached hydrogens (tertiary/aromatic N) is 2. The Morgan fingerprint density at radius 1 is 1.39 bits per heavy atom. The molecule has 2 aromatic heterocycles. The van der Waals surface area contributed by atoms with Crippen LogP contribution in [0.4, 0.5) is 0 Å². The SMILES string of the molecule is Cc1ccc([C@@H](NC(=O)Cc2cn3ccsc3n2)C2CC2)cc1. The first-order valence-corrected chi connectivity index (χ1v) is 8.84. The standard InChI is InChI=1S/C18H19N3OS/c1-12-2-4-13(5-3-12)17(14-6-7-14)20-16(22)10-15-11-21-8-9-23-18(21)19-15/h2-5,8-9,11,14,17H,6-7,10H2,1H3,(H,20,22)/t17-/m1/s1. The quantitative estimate of drug-likeness (QED) is 0.780. The van der Waals surface area contributed by atoms with Crippen molar-refractivity contribution in [3.05, 3.63) is 58.9 Å². The minimum absolute atomic E-state index is 0.0493. The predicted octanol–water partition coefficient (Wildman–Crippen LogP) is 3.51. The van der Waals surface area contributed by atoms with Gasteiger partial charge in [-0.25, -0.2) is 4.98 Å². The van der Waals surface area contributed by atoms with Gasteiger partial charge in [0.2, 0.25) is 5.91 Å². The van der Waals surface area contributed by atoms with Gasteiger partial charge < -0.3 is 5.32 Å². The highest BCUT2D eigenvalue weighted by Crippen LogP contribution is 2.41. The van der Waals surface area contributed by atoms with E-state index in [9.17, 15) is 4.79 Å². The van der Waals surface area contributed by atoms with Gasteiger partial charge in [0.1, 0.15) is 0 Å². The van der Waals surface area contributed by atoms with Crippen molar-refractivity contribution in [1.29, 1.82) is 0 Å². The number of rotatable bonds is 5. The molecule has 1 N–H and O–H groups in total. The van der Waals surface area contributed by atoms with Crippen LogP contribution in [0.5, 0.6) is 0 Å². The van der Waals surface area contributed by atoms with Crippen molar-refractivity contribution in [2.45, 2.75) is 32.2 Å². The van der Waals surface area contributed by atoms with E-state index in [2.05, 4.69) is 41.5 Å². The number of nitrogens with one attached hydrogen (secondary N) is 1. The van der Waals surface area contributed by atoms with E-state index in [4.69, 9.17) is 0 Å². The number of hydrogen-bond acceptors (Lipinski definition) is 3. The molecule has 1 amide bonds. The third-order valence-electron chi connectivity index (χ3n) is 4.33. The van der Waals surface area contributed by atoms with Gasteiger partial charge >= 0.3 is 0 Å². The molecule has 2 heterocycles. The molecule has 4 rings (SSSR count). The highest BCUT2D eigenvalue weighted by atomic mass is 32.1. The van der Waals surface area contributed by atoms with Gasteiger partial charge in [-0.3, -0.25) is 9.20 Å². The minimum Gasteiger partial charge on any atom is -0.349 e. The maximum atomic E-state index is 12.4. The van der Waals surface area contributed by atoms with Gasteiger partial charge in [-0.1, -0.05) is 29.8 Å². The molecule has 5 heteroatoms. The summed E-state index contributed by atoms with van der Waals surface area (Å²) >= 11 is 1.58. The van der Waals surface area contributed by atoms with Crippen molar-refractivity contribution in [1.82, 2.24) is 14.7 Å². The molecule has 1 aliphatic rings. The fourth-order valence-electron chi connectivity index (χ4n) is 2.93. The van der Waals surface area contributed by atoms with Crippen LogP contribution in [-0.4, -0.2) is 15.3 Å². The summed E-state index contributed by atoms with van der Waals surface area (Å²) in [6, 6.07) is 8.61. The molecule has 1 saturated carbocycles. The predicted molar refractivity (Wildman–Crippen MR) is 91.6 cm³/mol. The number of thiazole rings is 1. The number of hydrogen-bond donors (Lipinski definition) is 1. The summed E-state index contributed by atoms with van der Waals surface area (Å²) in [7, 11) is 0. The molecule has 1 aliphatic carbocycles. The molecule has 23 heavy (non-hydrogen) atoms. The second-order valence-corrected chi connectivity index (χ2v) is 7.17. The molecule has 0 radical (unpaired) electrons. The summed E-state index contributed by atoms with van der Waals surface area (Å²) in [4.78, 5) is 17.9. The molecule has 0 saturated heterocycles. The zero-order valence-corrected chi connectivity index (χ0v) is 13.8. The Morgan fingerprint density at radius 2 is 2.17 bits per heavy atom. The second kappa shape index (κ2) is 5.81. The van der Waals surface area contributed by atoms with Crippen molar-refractivity contribution in [2.75, 3.05) is 0 Å². The van der Waals surface area contributed by atoms with Gasteiger partial charge in [-0.05, 0) is 31.2 Å². The van der Waals surface area contributed by atoms with Crippen LogP contribution in [0.15, 0.2) is 42.0 Å². The highest BCUT2D eigenvalue weighted by Gasteiger charge is 2.33. The third-order valence-corrected chi connectivity index (χ3v) is 5.10. The third kappa shape index (κ3) is 3.15. The van der Waals surface area contributed by atoms with Crippen molar-refractivity contribution in [2.24, 2.45) is 5.92 Å². The molecule has 1 aromatic carbocycles.